The molecular formula is C20H31N3O5S. The first kappa shape index (κ1) is 23.2. The van der Waals surface area contributed by atoms with E-state index in [0.29, 0.717) is 31.1 Å². The molecule has 0 aliphatic carbocycles. The van der Waals surface area contributed by atoms with Gasteiger partial charge in [0.15, 0.2) is 0 Å². The largest absolute Gasteiger partial charge is 0.444 e. The average molecular weight is 426 g/mol. The van der Waals surface area contributed by atoms with E-state index in [0.717, 1.165) is 17.1 Å². The Balaban J connectivity index is 1.86. The maximum atomic E-state index is 12.7. The van der Waals surface area contributed by atoms with E-state index in [9.17, 15) is 18.0 Å². The Kier molecular flexibility index (Phi) is 7.29. The molecule has 9 heteroatoms. The van der Waals surface area contributed by atoms with Crippen LogP contribution in [-0.2, 0) is 14.8 Å². The molecular weight excluding hydrogens is 394 g/mol. The number of likely N-dealkylation sites (tertiary alicyclic amines) is 1. The third-order valence-electron chi connectivity index (χ3n) is 4.72. The number of rotatable bonds is 5. The van der Waals surface area contributed by atoms with E-state index in [-0.39, 0.29) is 10.8 Å². The monoisotopic (exact) mass is 425 g/mol. The summed E-state index contributed by atoms with van der Waals surface area (Å²) in [6.45, 7) is 7.17. The van der Waals surface area contributed by atoms with E-state index in [1.807, 2.05) is 20.8 Å². The van der Waals surface area contributed by atoms with Gasteiger partial charge in [-0.05, 0) is 63.8 Å². The van der Waals surface area contributed by atoms with Crippen molar-refractivity contribution in [3.8, 4) is 0 Å². The summed E-state index contributed by atoms with van der Waals surface area (Å²) >= 11 is 0. The quantitative estimate of drug-likeness (QED) is 0.781. The van der Waals surface area contributed by atoms with Gasteiger partial charge in [0.1, 0.15) is 5.60 Å². The molecule has 2 rings (SSSR count). The highest BCUT2D eigenvalue weighted by molar-refractivity contribution is 7.89. The predicted octanol–water partition coefficient (Wildman–Crippen LogP) is 2.31. The molecule has 0 unspecified atom stereocenters. The van der Waals surface area contributed by atoms with Crippen molar-refractivity contribution in [2.45, 2.75) is 44.1 Å². The third kappa shape index (κ3) is 6.43. The minimum Gasteiger partial charge on any atom is -0.444 e. The summed E-state index contributed by atoms with van der Waals surface area (Å²) in [5.74, 6) is 0.177. The van der Waals surface area contributed by atoms with Crippen LogP contribution in [-0.4, -0.2) is 69.0 Å². The Bertz CT molecular complexity index is 821. The minimum atomic E-state index is -3.51. The molecule has 1 aromatic carbocycles. The van der Waals surface area contributed by atoms with Crippen LogP contribution in [0.4, 0.5) is 4.79 Å². The number of hydrogen-bond acceptors (Lipinski definition) is 5. The highest BCUT2D eigenvalue weighted by atomic mass is 32.2. The molecule has 0 spiro atoms. The lowest BCUT2D eigenvalue weighted by molar-refractivity contribution is 0.0500. The fraction of sp³-hybridized carbons (Fsp3) is 0.600. The van der Waals surface area contributed by atoms with E-state index in [4.69, 9.17) is 4.74 Å². The molecule has 0 saturated carbocycles. The van der Waals surface area contributed by atoms with Gasteiger partial charge in [0.05, 0.1) is 4.90 Å². The molecule has 0 aromatic heterocycles. The topological polar surface area (TPSA) is 96.0 Å². The van der Waals surface area contributed by atoms with E-state index in [2.05, 4.69) is 5.32 Å². The van der Waals surface area contributed by atoms with Crippen molar-refractivity contribution in [2.24, 2.45) is 5.92 Å². The van der Waals surface area contributed by atoms with Crippen molar-refractivity contribution in [1.29, 1.82) is 0 Å². The van der Waals surface area contributed by atoms with Crippen LogP contribution < -0.4 is 5.32 Å². The standard InChI is InChI=1S/C20H31N3O5S/c1-20(2,3)28-19(25)21-14-15-10-12-23(13-11-15)18(24)16-6-8-17(9-7-16)29(26,27)22(4)5/h6-9,15H,10-14H2,1-5H3,(H,21,25). The smallest absolute Gasteiger partial charge is 0.407 e. The lowest BCUT2D eigenvalue weighted by atomic mass is 9.96. The summed E-state index contributed by atoms with van der Waals surface area (Å²) in [5.41, 5.74) is -0.0607. The summed E-state index contributed by atoms with van der Waals surface area (Å²) in [6.07, 6.45) is 1.15. The van der Waals surface area contributed by atoms with Gasteiger partial charge in [-0.3, -0.25) is 4.79 Å². The number of alkyl carbamates (subject to hydrolysis) is 1. The SMILES string of the molecule is CN(C)S(=O)(=O)c1ccc(C(=O)N2CCC(CNC(=O)OC(C)(C)C)CC2)cc1. The fourth-order valence-electron chi connectivity index (χ4n) is 3.04. The second kappa shape index (κ2) is 9.13. The van der Waals surface area contributed by atoms with Gasteiger partial charge in [-0.1, -0.05) is 0 Å². The van der Waals surface area contributed by atoms with Gasteiger partial charge in [-0.15, -0.1) is 0 Å². The second-order valence-electron chi connectivity index (χ2n) is 8.43. The van der Waals surface area contributed by atoms with Crippen LogP contribution in [0.15, 0.2) is 29.2 Å². The van der Waals surface area contributed by atoms with Crippen molar-refractivity contribution < 1.29 is 22.7 Å². The molecule has 0 bridgehead atoms. The molecule has 1 N–H and O–H groups in total. The number of ether oxygens (including phenoxy) is 1. The Morgan fingerprint density at radius 1 is 1.14 bits per heavy atom. The lowest BCUT2D eigenvalue weighted by Crippen LogP contribution is -2.42. The summed E-state index contributed by atoms with van der Waals surface area (Å²) in [5, 5.41) is 2.79. The van der Waals surface area contributed by atoms with Crippen LogP contribution in [0.1, 0.15) is 44.0 Å². The zero-order valence-electron chi connectivity index (χ0n) is 17.8. The maximum absolute atomic E-state index is 12.7. The minimum absolute atomic E-state index is 0.114. The molecule has 8 nitrogen and oxygen atoms in total. The van der Waals surface area contributed by atoms with Gasteiger partial charge in [0, 0.05) is 39.3 Å². The third-order valence-corrected chi connectivity index (χ3v) is 6.54. The normalized spacial score (nSPS) is 16.0. The van der Waals surface area contributed by atoms with Crippen molar-refractivity contribution in [2.75, 3.05) is 33.7 Å². The molecule has 29 heavy (non-hydrogen) atoms. The van der Waals surface area contributed by atoms with Gasteiger partial charge in [0.25, 0.3) is 5.91 Å². The highest BCUT2D eigenvalue weighted by Crippen LogP contribution is 2.20. The molecule has 2 amide bonds. The summed E-state index contributed by atoms with van der Waals surface area (Å²) in [7, 11) is -0.576. The number of sulfonamides is 1. The molecule has 1 fully saturated rings. The number of piperidine rings is 1. The molecule has 0 atom stereocenters. The number of nitrogens with one attached hydrogen (secondary N) is 1. The first-order valence-corrected chi connectivity index (χ1v) is 11.1. The molecule has 0 radical (unpaired) electrons. The average Bonchev–Trinajstić information content (AvgIpc) is 2.65. The van der Waals surface area contributed by atoms with Crippen molar-refractivity contribution in [3.63, 3.8) is 0 Å². The zero-order chi connectivity index (χ0) is 21.8. The van der Waals surface area contributed by atoms with Gasteiger partial charge in [-0.25, -0.2) is 17.5 Å². The summed E-state index contributed by atoms with van der Waals surface area (Å²) in [4.78, 5) is 26.4. The summed E-state index contributed by atoms with van der Waals surface area (Å²) in [6, 6.07) is 6.02. The molecule has 1 aromatic rings. The van der Waals surface area contributed by atoms with Crippen LogP contribution in [0.2, 0.25) is 0 Å². The molecule has 1 aliphatic heterocycles. The van der Waals surface area contributed by atoms with Crippen molar-refractivity contribution >= 4 is 22.0 Å². The number of nitrogens with zero attached hydrogens (tertiary/aromatic N) is 2. The molecule has 1 heterocycles. The van der Waals surface area contributed by atoms with Gasteiger partial charge < -0.3 is 15.0 Å². The lowest BCUT2D eigenvalue weighted by Gasteiger charge is -2.32. The second-order valence-corrected chi connectivity index (χ2v) is 10.6. The maximum Gasteiger partial charge on any atom is 0.407 e. The van der Waals surface area contributed by atoms with E-state index in [1.165, 1.54) is 26.2 Å². The number of benzene rings is 1. The Morgan fingerprint density at radius 3 is 2.17 bits per heavy atom. The zero-order valence-corrected chi connectivity index (χ0v) is 18.6. The van der Waals surface area contributed by atoms with Gasteiger partial charge in [-0.2, -0.15) is 0 Å². The Hall–Kier alpha value is -2.13. The van der Waals surface area contributed by atoms with E-state index in [1.54, 1.807) is 17.0 Å². The van der Waals surface area contributed by atoms with Crippen LogP contribution in [0.5, 0.6) is 0 Å². The first-order valence-electron chi connectivity index (χ1n) is 9.69. The van der Waals surface area contributed by atoms with E-state index < -0.39 is 21.7 Å². The highest BCUT2D eigenvalue weighted by Gasteiger charge is 2.25. The van der Waals surface area contributed by atoms with Crippen LogP contribution in [0.3, 0.4) is 0 Å². The van der Waals surface area contributed by atoms with Gasteiger partial charge in [0.2, 0.25) is 10.0 Å². The number of carbonyl (C=O) groups is 2. The number of amides is 2. The van der Waals surface area contributed by atoms with E-state index >= 15 is 0 Å². The van der Waals surface area contributed by atoms with Gasteiger partial charge >= 0.3 is 6.09 Å². The Labute approximate surface area is 173 Å². The van der Waals surface area contributed by atoms with Crippen molar-refractivity contribution in [3.05, 3.63) is 29.8 Å². The number of hydrogen-bond donors (Lipinski definition) is 1. The molecule has 1 aliphatic rings. The fourth-order valence-corrected chi connectivity index (χ4v) is 3.95. The predicted molar refractivity (Wildman–Crippen MR) is 110 cm³/mol. The van der Waals surface area contributed by atoms with Crippen LogP contribution >= 0.6 is 0 Å². The molecule has 162 valence electrons. The molecule has 1 saturated heterocycles. The first-order chi connectivity index (χ1) is 13.4. The summed E-state index contributed by atoms with van der Waals surface area (Å²) < 4.78 is 30.6. The van der Waals surface area contributed by atoms with Crippen LogP contribution in [0.25, 0.3) is 0 Å². The Morgan fingerprint density at radius 2 is 1.69 bits per heavy atom. The van der Waals surface area contributed by atoms with Crippen molar-refractivity contribution in [1.82, 2.24) is 14.5 Å². The number of carbonyl (C=O) groups excluding carboxylic acids is 2. The van der Waals surface area contributed by atoms with Crippen LogP contribution in [0, 0.1) is 5.92 Å².